The zero-order chi connectivity index (χ0) is 26.6. The molecule has 3 aromatic carbocycles. The van der Waals surface area contributed by atoms with E-state index in [-0.39, 0.29) is 22.6 Å². The summed E-state index contributed by atoms with van der Waals surface area (Å²) in [4.78, 5) is 18.0. The number of carbonyl (C=O) groups is 1. The fourth-order valence-corrected chi connectivity index (χ4v) is 6.17. The number of nitrogens with zero attached hydrogens (tertiary/aromatic N) is 1. The van der Waals surface area contributed by atoms with Crippen molar-refractivity contribution in [2.45, 2.75) is 55.8 Å². The van der Waals surface area contributed by atoms with Crippen LogP contribution in [0.2, 0.25) is 0 Å². The first-order valence-electron chi connectivity index (χ1n) is 12.2. The van der Waals surface area contributed by atoms with Crippen molar-refractivity contribution in [1.29, 1.82) is 0 Å². The number of pyridine rings is 1. The number of hydrogen-bond acceptors (Lipinski definition) is 5. The molecule has 8 heteroatoms. The van der Waals surface area contributed by atoms with Gasteiger partial charge in [-0.2, -0.15) is 0 Å². The molecule has 0 spiro atoms. The second-order valence-corrected chi connectivity index (χ2v) is 12.1. The van der Waals surface area contributed by atoms with E-state index in [0.29, 0.717) is 12.1 Å². The highest BCUT2D eigenvalue weighted by atomic mass is 32.2. The Morgan fingerprint density at radius 1 is 0.946 bits per heavy atom. The quantitative estimate of drug-likeness (QED) is 0.252. The molecule has 0 saturated heterocycles. The summed E-state index contributed by atoms with van der Waals surface area (Å²) in [6.45, 7) is 8.38. The smallest absolute Gasteiger partial charge is 0.240 e. The van der Waals surface area contributed by atoms with Crippen molar-refractivity contribution in [2.24, 2.45) is 0 Å². The van der Waals surface area contributed by atoms with Crippen LogP contribution in [-0.4, -0.2) is 24.6 Å². The van der Waals surface area contributed by atoms with E-state index in [4.69, 9.17) is 4.98 Å². The number of thioether (sulfide) groups is 1. The van der Waals surface area contributed by atoms with Crippen LogP contribution in [0, 0.1) is 20.8 Å². The molecule has 0 aliphatic carbocycles. The average Bonchev–Trinajstić information content (AvgIpc) is 2.87. The lowest BCUT2D eigenvalue weighted by Crippen LogP contribution is -2.25. The summed E-state index contributed by atoms with van der Waals surface area (Å²) in [7, 11) is -3.67. The molecule has 0 radical (unpaired) electrons. The predicted octanol–water partition coefficient (Wildman–Crippen LogP) is 6.15. The lowest BCUT2D eigenvalue weighted by atomic mass is 10.0. The van der Waals surface area contributed by atoms with Gasteiger partial charge in [0.1, 0.15) is 0 Å². The summed E-state index contributed by atoms with van der Waals surface area (Å²) in [6.07, 6.45) is 0.623. The van der Waals surface area contributed by atoms with Crippen molar-refractivity contribution in [2.75, 3.05) is 5.32 Å². The van der Waals surface area contributed by atoms with Gasteiger partial charge in [0, 0.05) is 17.6 Å². The molecule has 0 aliphatic heterocycles. The highest BCUT2D eigenvalue weighted by Crippen LogP contribution is 2.30. The Morgan fingerprint density at radius 2 is 1.65 bits per heavy atom. The predicted molar refractivity (Wildman–Crippen MR) is 151 cm³/mol. The van der Waals surface area contributed by atoms with Gasteiger partial charge in [-0.25, -0.2) is 18.1 Å². The first-order valence-corrected chi connectivity index (χ1v) is 14.5. The van der Waals surface area contributed by atoms with Gasteiger partial charge >= 0.3 is 0 Å². The Balaban J connectivity index is 1.43. The zero-order valence-corrected chi connectivity index (χ0v) is 23.0. The minimum absolute atomic E-state index is 0.143. The number of rotatable bonds is 9. The molecule has 6 nitrogen and oxygen atoms in total. The summed E-state index contributed by atoms with van der Waals surface area (Å²) >= 11 is 1.44. The summed E-state index contributed by atoms with van der Waals surface area (Å²) in [5.74, 6) is -0.148. The van der Waals surface area contributed by atoms with Gasteiger partial charge in [-0.05, 0) is 80.3 Å². The molecule has 2 N–H and O–H groups in total. The van der Waals surface area contributed by atoms with Crippen LogP contribution in [-0.2, 0) is 21.4 Å². The molecular formula is C29H31N3O3S2. The monoisotopic (exact) mass is 533 g/mol. The molecule has 0 aliphatic rings. The van der Waals surface area contributed by atoms with Crippen LogP contribution in [0.1, 0.15) is 35.6 Å². The summed E-state index contributed by atoms with van der Waals surface area (Å²) in [5.41, 5.74) is 5.82. The lowest BCUT2D eigenvalue weighted by molar-refractivity contribution is -0.115. The van der Waals surface area contributed by atoms with Gasteiger partial charge < -0.3 is 5.32 Å². The van der Waals surface area contributed by atoms with Gasteiger partial charge in [-0.15, -0.1) is 0 Å². The normalized spacial score (nSPS) is 12.4. The van der Waals surface area contributed by atoms with Crippen molar-refractivity contribution < 1.29 is 13.2 Å². The summed E-state index contributed by atoms with van der Waals surface area (Å²) in [5, 5.41) is 4.52. The Hall–Kier alpha value is -3.20. The fourth-order valence-electron chi connectivity index (χ4n) is 4.14. The zero-order valence-electron chi connectivity index (χ0n) is 21.4. The van der Waals surface area contributed by atoms with Crippen LogP contribution < -0.4 is 10.0 Å². The third-order valence-corrected chi connectivity index (χ3v) is 8.80. The number of aryl methyl sites for hydroxylation is 3. The maximum Gasteiger partial charge on any atom is 0.240 e. The number of carbonyl (C=O) groups excluding carboxylic acids is 1. The van der Waals surface area contributed by atoms with Gasteiger partial charge in [0.05, 0.1) is 20.7 Å². The standard InChI is InChI=1S/C29H31N3O3S2/c1-5-26(36-27-17-20(3)25-16-19(2)15-21(4)28(25)32-27)29(33)31-23-11-13-24(14-12-23)37(34,35)30-18-22-9-7-6-8-10-22/h6-17,26,30H,5,18H2,1-4H3,(H,31,33). The number of benzene rings is 3. The second-order valence-electron chi connectivity index (χ2n) is 9.09. The van der Waals surface area contributed by atoms with Crippen molar-refractivity contribution in [3.05, 3.63) is 95.1 Å². The van der Waals surface area contributed by atoms with Gasteiger partial charge in [0.15, 0.2) is 0 Å². The summed E-state index contributed by atoms with van der Waals surface area (Å²) in [6, 6.07) is 21.8. The van der Waals surface area contributed by atoms with Crippen LogP contribution in [0.4, 0.5) is 5.69 Å². The Kier molecular flexibility index (Phi) is 8.32. The van der Waals surface area contributed by atoms with E-state index < -0.39 is 10.0 Å². The van der Waals surface area contributed by atoms with E-state index in [1.807, 2.05) is 43.3 Å². The third-order valence-electron chi connectivity index (χ3n) is 6.10. The third kappa shape index (κ3) is 6.57. The number of hydrogen-bond donors (Lipinski definition) is 2. The fraction of sp³-hybridized carbons (Fsp3) is 0.241. The topological polar surface area (TPSA) is 88.2 Å². The molecule has 1 aromatic heterocycles. The number of nitrogens with one attached hydrogen (secondary N) is 2. The van der Waals surface area contributed by atoms with Crippen molar-refractivity contribution in [3.63, 3.8) is 0 Å². The number of fused-ring (bicyclic) bond motifs is 1. The maximum absolute atomic E-state index is 13.1. The number of sulfonamides is 1. The van der Waals surface area contributed by atoms with Crippen molar-refractivity contribution >= 4 is 44.3 Å². The molecule has 1 heterocycles. The van der Waals surface area contributed by atoms with E-state index in [2.05, 4.69) is 42.9 Å². The maximum atomic E-state index is 13.1. The van der Waals surface area contributed by atoms with Crippen molar-refractivity contribution in [3.8, 4) is 0 Å². The molecule has 0 bridgehead atoms. The van der Waals surface area contributed by atoms with Crippen LogP contribution in [0.3, 0.4) is 0 Å². The Morgan fingerprint density at radius 3 is 2.32 bits per heavy atom. The van der Waals surface area contributed by atoms with Crippen LogP contribution in [0.5, 0.6) is 0 Å². The SMILES string of the molecule is CCC(Sc1cc(C)c2cc(C)cc(C)c2n1)C(=O)Nc1ccc(S(=O)(=O)NCc2ccccc2)cc1. The molecule has 4 rings (SSSR count). The summed E-state index contributed by atoms with van der Waals surface area (Å²) < 4.78 is 27.9. The molecule has 0 fully saturated rings. The molecule has 0 saturated carbocycles. The second kappa shape index (κ2) is 11.5. The van der Waals surface area contributed by atoms with Crippen LogP contribution in [0.25, 0.3) is 10.9 Å². The number of amides is 1. The molecule has 37 heavy (non-hydrogen) atoms. The number of aromatic nitrogens is 1. The number of anilines is 1. The minimum atomic E-state index is -3.67. The van der Waals surface area contributed by atoms with E-state index in [0.717, 1.165) is 32.6 Å². The lowest BCUT2D eigenvalue weighted by Gasteiger charge is -2.16. The van der Waals surface area contributed by atoms with E-state index >= 15 is 0 Å². The molecule has 1 amide bonds. The van der Waals surface area contributed by atoms with Gasteiger partial charge in [0.2, 0.25) is 15.9 Å². The molecule has 4 aromatic rings. The Labute approximate surface area is 223 Å². The van der Waals surface area contributed by atoms with Crippen molar-refractivity contribution in [1.82, 2.24) is 9.71 Å². The molecule has 1 atom stereocenters. The highest BCUT2D eigenvalue weighted by Gasteiger charge is 2.20. The van der Waals surface area contributed by atoms with E-state index in [1.165, 1.54) is 29.5 Å². The van der Waals surface area contributed by atoms with Gasteiger partial charge in [-0.3, -0.25) is 4.79 Å². The van der Waals surface area contributed by atoms with Gasteiger partial charge in [0.25, 0.3) is 0 Å². The first-order chi connectivity index (χ1) is 17.7. The first kappa shape index (κ1) is 26.9. The average molecular weight is 534 g/mol. The van der Waals surface area contributed by atoms with Crippen LogP contribution in [0.15, 0.2) is 82.7 Å². The van der Waals surface area contributed by atoms with E-state index in [9.17, 15) is 13.2 Å². The highest BCUT2D eigenvalue weighted by molar-refractivity contribution is 8.00. The molecular weight excluding hydrogens is 502 g/mol. The van der Waals surface area contributed by atoms with Crippen LogP contribution >= 0.6 is 11.8 Å². The molecule has 192 valence electrons. The Bertz CT molecular complexity index is 1520. The van der Waals surface area contributed by atoms with E-state index in [1.54, 1.807) is 12.1 Å². The minimum Gasteiger partial charge on any atom is -0.325 e. The molecule has 1 unspecified atom stereocenters. The van der Waals surface area contributed by atoms with Gasteiger partial charge in [-0.1, -0.05) is 60.6 Å². The largest absolute Gasteiger partial charge is 0.325 e.